The lowest BCUT2D eigenvalue weighted by Crippen LogP contribution is -2.07. The van der Waals surface area contributed by atoms with Gasteiger partial charge < -0.3 is 4.57 Å². The van der Waals surface area contributed by atoms with E-state index in [9.17, 15) is 0 Å². The van der Waals surface area contributed by atoms with Gasteiger partial charge in [-0.2, -0.15) is 0 Å². The van der Waals surface area contributed by atoms with Crippen LogP contribution in [0.4, 0.5) is 0 Å². The predicted octanol–water partition coefficient (Wildman–Crippen LogP) is 2.98. The van der Waals surface area contributed by atoms with Gasteiger partial charge in [-0.1, -0.05) is 27.7 Å². The van der Waals surface area contributed by atoms with E-state index in [1.54, 1.807) is 0 Å². The topological polar surface area (TPSA) is 17.8 Å². The molecule has 0 amide bonds. The molecule has 74 valence electrons. The van der Waals surface area contributed by atoms with E-state index in [2.05, 4.69) is 37.2 Å². The normalized spacial score (nSPS) is 11.2. The maximum atomic E-state index is 4.44. The van der Waals surface area contributed by atoms with E-state index in [-0.39, 0.29) is 0 Å². The minimum atomic E-state index is 0.583. The summed E-state index contributed by atoms with van der Waals surface area (Å²) in [6.45, 7) is 9.93. The number of rotatable bonds is 4. The van der Waals surface area contributed by atoms with Gasteiger partial charge in [0.15, 0.2) is 0 Å². The molecule has 2 heteroatoms. The van der Waals surface area contributed by atoms with E-state index in [1.807, 2.05) is 6.20 Å². The average molecular weight is 180 g/mol. The van der Waals surface area contributed by atoms with Gasteiger partial charge in [0.05, 0.1) is 0 Å². The van der Waals surface area contributed by atoms with E-state index >= 15 is 0 Å². The lowest BCUT2D eigenvalue weighted by atomic mass is 10.1. The molecule has 0 aliphatic heterocycles. The molecule has 0 aromatic carbocycles. The number of aryl methyl sites for hydroxylation is 1. The zero-order valence-electron chi connectivity index (χ0n) is 9.17. The summed E-state index contributed by atoms with van der Waals surface area (Å²) in [4.78, 5) is 4.44. The number of nitrogens with zero attached hydrogens (tertiary/aromatic N) is 2. The van der Waals surface area contributed by atoms with Gasteiger partial charge in [0.25, 0.3) is 0 Å². The van der Waals surface area contributed by atoms with E-state index in [0.717, 1.165) is 13.0 Å². The van der Waals surface area contributed by atoms with Gasteiger partial charge >= 0.3 is 0 Å². The molecule has 0 radical (unpaired) electrons. The molecule has 0 saturated carbocycles. The number of aromatic nitrogens is 2. The molecule has 2 nitrogen and oxygen atoms in total. The highest BCUT2D eigenvalue weighted by Crippen LogP contribution is 2.16. The van der Waals surface area contributed by atoms with Crippen LogP contribution < -0.4 is 0 Å². The van der Waals surface area contributed by atoms with Crippen molar-refractivity contribution >= 4 is 0 Å². The SMILES string of the molecule is CCCn1c(C(C)C)cnc1CC. The van der Waals surface area contributed by atoms with Crippen LogP contribution in [-0.4, -0.2) is 9.55 Å². The first kappa shape index (κ1) is 10.3. The average Bonchev–Trinajstić information content (AvgIpc) is 2.48. The molecule has 1 aromatic rings. The highest BCUT2D eigenvalue weighted by Gasteiger charge is 2.09. The van der Waals surface area contributed by atoms with Crippen LogP contribution in [0.15, 0.2) is 6.20 Å². The summed E-state index contributed by atoms with van der Waals surface area (Å²) in [6.07, 6.45) is 4.24. The van der Waals surface area contributed by atoms with Crippen LogP contribution in [-0.2, 0) is 13.0 Å². The fourth-order valence-electron chi connectivity index (χ4n) is 1.65. The molecule has 0 fully saturated rings. The first-order chi connectivity index (χ1) is 6.20. The summed E-state index contributed by atoms with van der Waals surface area (Å²) < 4.78 is 2.37. The molecule has 1 heterocycles. The molecule has 1 aromatic heterocycles. The molecule has 0 bridgehead atoms. The van der Waals surface area contributed by atoms with Crippen LogP contribution in [0.25, 0.3) is 0 Å². The Morgan fingerprint density at radius 3 is 2.54 bits per heavy atom. The molecule has 0 spiro atoms. The summed E-state index contributed by atoms with van der Waals surface area (Å²) in [5, 5.41) is 0. The minimum absolute atomic E-state index is 0.583. The van der Waals surface area contributed by atoms with Crippen LogP contribution in [0.1, 0.15) is 51.6 Å². The van der Waals surface area contributed by atoms with E-state index in [4.69, 9.17) is 0 Å². The van der Waals surface area contributed by atoms with Crippen molar-refractivity contribution in [3.8, 4) is 0 Å². The molecule has 0 aliphatic rings. The van der Waals surface area contributed by atoms with Gasteiger partial charge in [-0.25, -0.2) is 4.98 Å². The smallest absolute Gasteiger partial charge is 0.108 e. The van der Waals surface area contributed by atoms with Crippen LogP contribution in [0, 0.1) is 0 Å². The van der Waals surface area contributed by atoms with Crippen molar-refractivity contribution in [2.24, 2.45) is 0 Å². The molecule has 0 aliphatic carbocycles. The van der Waals surface area contributed by atoms with Crippen molar-refractivity contribution in [2.45, 2.75) is 53.0 Å². The second-order valence-corrected chi connectivity index (χ2v) is 3.76. The van der Waals surface area contributed by atoms with Gasteiger partial charge in [0, 0.05) is 24.9 Å². The fraction of sp³-hybridized carbons (Fsp3) is 0.727. The molecule has 13 heavy (non-hydrogen) atoms. The fourth-order valence-corrected chi connectivity index (χ4v) is 1.65. The van der Waals surface area contributed by atoms with Crippen LogP contribution in [0.2, 0.25) is 0 Å². The highest BCUT2D eigenvalue weighted by molar-refractivity contribution is 5.09. The Balaban J connectivity index is 2.99. The van der Waals surface area contributed by atoms with Crippen molar-refractivity contribution in [1.82, 2.24) is 9.55 Å². The first-order valence-electron chi connectivity index (χ1n) is 5.25. The summed E-state index contributed by atoms with van der Waals surface area (Å²) >= 11 is 0. The van der Waals surface area contributed by atoms with E-state index in [0.29, 0.717) is 5.92 Å². The number of imidazole rings is 1. The summed E-state index contributed by atoms with van der Waals surface area (Å²) in [5.41, 5.74) is 1.37. The van der Waals surface area contributed by atoms with E-state index in [1.165, 1.54) is 17.9 Å². The zero-order valence-corrected chi connectivity index (χ0v) is 9.17. The van der Waals surface area contributed by atoms with Gasteiger partial charge in [0.1, 0.15) is 5.82 Å². The van der Waals surface area contributed by atoms with Crippen LogP contribution in [0.3, 0.4) is 0 Å². The van der Waals surface area contributed by atoms with Crippen molar-refractivity contribution in [2.75, 3.05) is 0 Å². The van der Waals surface area contributed by atoms with Gasteiger partial charge in [-0.15, -0.1) is 0 Å². The second kappa shape index (κ2) is 4.45. The zero-order chi connectivity index (χ0) is 9.84. The first-order valence-corrected chi connectivity index (χ1v) is 5.25. The molecule has 0 unspecified atom stereocenters. The summed E-state index contributed by atoms with van der Waals surface area (Å²) in [5.74, 6) is 1.81. The van der Waals surface area contributed by atoms with Gasteiger partial charge in [-0.3, -0.25) is 0 Å². The maximum Gasteiger partial charge on any atom is 0.108 e. The Morgan fingerprint density at radius 1 is 1.38 bits per heavy atom. The molecule has 0 saturated heterocycles. The summed E-state index contributed by atoms with van der Waals surface area (Å²) in [6, 6.07) is 0. The Bertz CT molecular complexity index is 261. The van der Waals surface area contributed by atoms with Crippen molar-refractivity contribution < 1.29 is 0 Å². The molecule has 1 rings (SSSR count). The number of hydrogen-bond acceptors (Lipinski definition) is 1. The van der Waals surface area contributed by atoms with Gasteiger partial charge in [0.2, 0.25) is 0 Å². The van der Waals surface area contributed by atoms with Crippen LogP contribution in [0.5, 0.6) is 0 Å². The Labute approximate surface area is 81.0 Å². The Kier molecular flexibility index (Phi) is 3.52. The standard InChI is InChI=1S/C11H20N2/c1-5-7-13-10(9(3)4)8-12-11(13)6-2/h8-9H,5-7H2,1-4H3. The lowest BCUT2D eigenvalue weighted by Gasteiger charge is -2.12. The lowest BCUT2D eigenvalue weighted by molar-refractivity contribution is 0.596. The minimum Gasteiger partial charge on any atom is -0.332 e. The molecule has 0 N–H and O–H groups in total. The maximum absolute atomic E-state index is 4.44. The van der Waals surface area contributed by atoms with Crippen molar-refractivity contribution in [3.63, 3.8) is 0 Å². The molecular weight excluding hydrogens is 160 g/mol. The summed E-state index contributed by atoms with van der Waals surface area (Å²) in [7, 11) is 0. The Morgan fingerprint density at radius 2 is 2.08 bits per heavy atom. The Hall–Kier alpha value is -0.790. The predicted molar refractivity (Wildman–Crippen MR) is 56.0 cm³/mol. The second-order valence-electron chi connectivity index (χ2n) is 3.76. The van der Waals surface area contributed by atoms with Crippen molar-refractivity contribution in [1.29, 1.82) is 0 Å². The quantitative estimate of drug-likeness (QED) is 0.696. The van der Waals surface area contributed by atoms with E-state index < -0.39 is 0 Å². The van der Waals surface area contributed by atoms with Crippen LogP contribution >= 0.6 is 0 Å². The third-order valence-electron chi connectivity index (χ3n) is 2.32. The highest BCUT2D eigenvalue weighted by atomic mass is 15.1. The van der Waals surface area contributed by atoms with Crippen molar-refractivity contribution in [3.05, 3.63) is 17.7 Å². The largest absolute Gasteiger partial charge is 0.332 e. The third kappa shape index (κ3) is 2.11. The molecular formula is C11H20N2. The monoisotopic (exact) mass is 180 g/mol. The molecule has 0 atom stereocenters. The third-order valence-corrected chi connectivity index (χ3v) is 2.32. The number of hydrogen-bond donors (Lipinski definition) is 0. The van der Waals surface area contributed by atoms with Gasteiger partial charge in [-0.05, 0) is 12.3 Å².